The maximum Gasteiger partial charge on any atom is 0.244 e. The SMILES string of the molecule is CCC(COC)N1C(=O)C2(CC2)NC1CC(C)C. The van der Waals surface area contributed by atoms with Crippen LogP contribution in [0.1, 0.15) is 46.5 Å². The van der Waals surface area contributed by atoms with E-state index < -0.39 is 0 Å². The molecule has 0 aromatic carbocycles. The van der Waals surface area contributed by atoms with Gasteiger partial charge in [-0.15, -0.1) is 0 Å². The Morgan fingerprint density at radius 1 is 1.50 bits per heavy atom. The molecule has 1 heterocycles. The van der Waals surface area contributed by atoms with Gasteiger partial charge in [0, 0.05) is 7.11 Å². The number of carbonyl (C=O) groups excluding carboxylic acids is 1. The van der Waals surface area contributed by atoms with E-state index in [4.69, 9.17) is 4.74 Å². The molecule has 0 aromatic rings. The lowest BCUT2D eigenvalue weighted by atomic mass is 10.1. The molecule has 2 fully saturated rings. The first kappa shape index (κ1) is 13.8. The summed E-state index contributed by atoms with van der Waals surface area (Å²) in [5, 5.41) is 3.57. The molecule has 0 radical (unpaired) electrons. The van der Waals surface area contributed by atoms with Crippen molar-refractivity contribution in [1.29, 1.82) is 0 Å². The summed E-state index contributed by atoms with van der Waals surface area (Å²) in [6, 6.07) is 0.207. The fourth-order valence-electron chi connectivity index (χ4n) is 2.95. The number of nitrogens with one attached hydrogen (secondary N) is 1. The Labute approximate surface area is 110 Å². The van der Waals surface area contributed by atoms with Crippen LogP contribution in [0.25, 0.3) is 0 Å². The van der Waals surface area contributed by atoms with Crippen molar-refractivity contribution in [2.75, 3.05) is 13.7 Å². The van der Waals surface area contributed by atoms with Crippen LogP contribution in [0.5, 0.6) is 0 Å². The first-order valence-electron chi connectivity index (χ1n) is 7.13. The highest BCUT2D eigenvalue weighted by Crippen LogP contribution is 2.44. The van der Waals surface area contributed by atoms with E-state index in [1.54, 1.807) is 7.11 Å². The highest BCUT2D eigenvalue weighted by molar-refractivity contribution is 5.92. The molecule has 2 aliphatic rings. The Bertz CT molecular complexity index is 313. The summed E-state index contributed by atoms with van der Waals surface area (Å²) in [7, 11) is 1.71. The summed E-state index contributed by atoms with van der Waals surface area (Å²) >= 11 is 0. The van der Waals surface area contributed by atoms with Crippen molar-refractivity contribution in [3.8, 4) is 0 Å². The molecule has 0 bridgehead atoms. The molecular weight excluding hydrogens is 228 g/mol. The van der Waals surface area contributed by atoms with Crippen LogP contribution in [-0.4, -0.2) is 42.3 Å². The fraction of sp³-hybridized carbons (Fsp3) is 0.929. The molecule has 1 aliphatic heterocycles. The van der Waals surface area contributed by atoms with Crippen LogP contribution in [0.15, 0.2) is 0 Å². The Kier molecular flexibility index (Phi) is 3.97. The molecule has 2 unspecified atom stereocenters. The molecule has 0 aromatic heterocycles. The first-order valence-corrected chi connectivity index (χ1v) is 7.13. The number of hydrogen-bond acceptors (Lipinski definition) is 3. The lowest BCUT2D eigenvalue weighted by Crippen LogP contribution is -2.47. The molecule has 1 aliphatic carbocycles. The van der Waals surface area contributed by atoms with Crippen LogP contribution in [0.3, 0.4) is 0 Å². The van der Waals surface area contributed by atoms with Gasteiger partial charge in [0.05, 0.1) is 24.4 Å². The highest BCUT2D eigenvalue weighted by Gasteiger charge is 2.59. The maximum atomic E-state index is 12.6. The number of amides is 1. The van der Waals surface area contributed by atoms with Gasteiger partial charge in [-0.3, -0.25) is 10.1 Å². The predicted octanol–water partition coefficient (Wildman–Crippen LogP) is 1.75. The van der Waals surface area contributed by atoms with Gasteiger partial charge in [-0.25, -0.2) is 0 Å². The molecule has 1 amide bonds. The Morgan fingerprint density at radius 2 is 2.17 bits per heavy atom. The van der Waals surface area contributed by atoms with E-state index in [1.165, 1.54) is 0 Å². The van der Waals surface area contributed by atoms with Gasteiger partial charge in [-0.1, -0.05) is 20.8 Å². The molecule has 104 valence electrons. The average Bonchev–Trinajstić information content (AvgIpc) is 3.02. The molecule has 1 saturated carbocycles. The maximum absolute atomic E-state index is 12.6. The van der Waals surface area contributed by atoms with Crippen molar-refractivity contribution in [2.45, 2.75) is 64.2 Å². The number of nitrogens with zero attached hydrogens (tertiary/aromatic N) is 1. The van der Waals surface area contributed by atoms with Crippen molar-refractivity contribution >= 4 is 5.91 Å². The zero-order valence-electron chi connectivity index (χ0n) is 12.0. The summed E-state index contributed by atoms with van der Waals surface area (Å²) in [6.07, 6.45) is 4.17. The van der Waals surface area contributed by atoms with E-state index in [2.05, 4.69) is 31.0 Å². The summed E-state index contributed by atoms with van der Waals surface area (Å²) in [6.45, 7) is 7.18. The second kappa shape index (κ2) is 5.17. The quantitative estimate of drug-likeness (QED) is 0.785. The molecule has 1 saturated heterocycles. The molecule has 2 rings (SSSR count). The molecule has 18 heavy (non-hydrogen) atoms. The van der Waals surface area contributed by atoms with Gasteiger partial charge in [0.1, 0.15) is 0 Å². The second-order valence-electron chi connectivity index (χ2n) is 6.10. The highest BCUT2D eigenvalue weighted by atomic mass is 16.5. The van der Waals surface area contributed by atoms with E-state index in [9.17, 15) is 4.79 Å². The van der Waals surface area contributed by atoms with Crippen molar-refractivity contribution in [2.24, 2.45) is 5.92 Å². The summed E-state index contributed by atoms with van der Waals surface area (Å²) in [5.74, 6) is 0.892. The molecular formula is C14H26N2O2. The van der Waals surface area contributed by atoms with Gasteiger partial charge >= 0.3 is 0 Å². The minimum atomic E-state index is -0.208. The lowest BCUT2D eigenvalue weighted by Gasteiger charge is -2.32. The van der Waals surface area contributed by atoms with Crippen molar-refractivity contribution in [3.05, 3.63) is 0 Å². The minimum Gasteiger partial charge on any atom is -0.383 e. The van der Waals surface area contributed by atoms with E-state index in [0.29, 0.717) is 18.4 Å². The Hall–Kier alpha value is -0.610. The van der Waals surface area contributed by atoms with Gasteiger partial charge < -0.3 is 9.64 Å². The number of rotatable bonds is 6. The number of carbonyl (C=O) groups is 1. The van der Waals surface area contributed by atoms with E-state index in [-0.39, 0.29) is 17.7 Å². The minimum absolute atomic E-state index is 0.195. The van der Waals surface area contributed by atoms with E-state index in [1.807, 2.05) is 0 Å². The molecule has 4 heteroatoms. The molecule has 1 spiro atoms. The third-order valence-corrected chi connectivity index (χ3v) is 4.09. The van der Waals surface area contributed by atoms with E-state index in [0.717, 1.165) is 25.7 Å². The lowest BCUT2D eigenvalue weighted by molar-refractivity contribution is -0.134. The van der Waals surface area contributed by atoms with Crippen molar-refractivity contribution in [3.63, 3.8) is 0 Å². The van der Waals surface area contributed by atoms with Gasteiger partial charge in [0.25, 0.3) is 0 Å². The smallest absolute Gasteiger partial charge is 0.244 e. The monoisotopic (exact) mass is 254 g/mol. The third kappa shape index (κ3) is 2.41. The third-order valence-electron chi connectivity index (χ3n) is 4.09. The average molecular weight is 254 g/mol. The van der Waals surface area contributed by atoms with Crippen LogP contribution in [0, 0.1) is 5.92 Å². The fourth-order valence-corrected chi connectivity index (χ4v) is 2.95. The second-order valence-corrected chi connectivity index (χ2v) is 6.10. The van der Waals surface area contributed by atoms with Gasteiger partial charge in [0.15, 0.2) is 0 Å². The van der Waals surface area contributed by atoms with Crippen molar-refractivity contribution < 1.29 is 9.53 Å². The van der Waals surface area contributed by atoms with Gasteiger partial charge in [0.2, 0.25) is 5.91 Å². The van der Waals surface area contributed by atoms with Gasteiger partial charge in [-0.05, 0) is 31.6 Å². The number of methoxy groups -OCH3 is 1. The predicted molar refractivity (Wildman–Crippen MR) is 71.1 cm³/mol. The number of ether oxygens (including phenoxy) is 1. The zero-order valence-corrected chi connectivity index (χ0v) is 12.0. The van der Waals surface area contributed by atoms with Crippen molar-refractivity contribution in [1.82, 2.24) is 10.2 Å². The van der Waals surface area contributed by atoms with Crippen LogP contribution < -0.4 is 5.32 Å². The van der Waals surface area contributed by atoms with Crippen LogP contribution in [0.4, 0.5) is 0 Å². The molecule has 4 nitrogen and oxygen atoms in total. The van der Waals surface area contributed by atoms with Gasteiger partial charge in [-0.2, -0.15) is 0 Å². The molecule has 1 N–H and O–H groups in total. The molecule has 2 atom stereocenters. The standard InChI is InChI=1S/C14H26N2O2/c1-5-11(9-18-4)16-12(8-10(2)3)15-14(6-7-14)13(16)17/h10-12,15H,5-9H2,1-4H3. The van der Waals surface area contributed by atoms with Crippen LogP contribution in [0.2, 0.25) is 0 Å². The first-order chi connectivity index (χ1) is 8.54. The van der Waals surface area contributed by atoms with Crippen LogP contribution >= 0.6 is 0 Å². The summed E-state index contributed by atoms with van der Waals surface area (Å²) in [4.78, 5) is 14.6. The Morgan fingerprint density at radius 3 is 2.61 bits per heavy atom. The van der Waals surface area contributed by atoms with E-state index >= 15 is 0 Å². The Balaban J connectivity index is 2.14. The van der Waals surface area contributed by atoms with Crippen LogP contribution in [-0.2, 0) is 9.53 Å². The summed E-state index contributed by atoms with van der Waals surface area (Å²) < 4.78 is 5.28. The summed E-state index contributed by atoms with van der Waals surface area (Å²) in [5.41, 5.74) is -0.208. The number of hydrogen-bond donors (Lipinski definition) is 1. The zero-order chi connectivity index (χ0) is 13.3. The normalized spacial score (nSPS) is 27.3. The topological polar surface area (TPSA) is 41.6 Å². The largest absolute Gasteiger partial charge is 0.383 e.